The summed E-state index contributed by atoms with van der Waals surface area (Å²) in [7, 11) is 0. The van der Waals surface area contributed by atoms with Crippen LogP contribution in [0.5, 0.6) is 0 Å². The number of aryl methyl sites for hydroxylation is 1. The molecule has 0 radical (unpaired) electrons. The van der Waals surface area contributed by atoms with Crippen molar-refractivity contribution in [1.82, 2.24) is 0 Å². The van der Waals surface area contributed by atoms with Gasteiger partial charge in [-0.15, -0.1) is 0 Å². The number of furan rings is 1. The second kappa shape index (κ2) is 4.86. The summed E-state index contributed by atoms with van der Waals surface area (Å²) in [4.78, 5) is 12.1. The van der Waals surface area contributed by atoms with Gasteiger partial charge in [-0.25, -0.2) is 0 Å². The van der Waals surface area contributed by atoms with E-state index in [1.807, 2.05) is 13.8 Å². The van der Waals surface area contributed by atoms with Gasteiger partial charge in [0.05, 0.1) is 6.26 Å². The summed E-state index contributed by atoms with van der Waals surface area (Å²) in [6.45, 7) is 4.03. The Hall–Kier alpha value is -1.05. The summed E-state index contributed by atoms with van der Waals surface area (Å²) >= 11 is 0. The highest BCUT2D eigenvalue weighted by Gasteiger charge is 2.24. The maximum absolute atomic E-state index is 12.1. The minimum Gasteiger partial charge on any atom is -0.461 e. The van der Waals surface area contributed by atoms with E-state index in [2.05, 4.69) is 0 Å². The smallest absolute Gasteiger partial charge is 0.201 e. The Labute approximate surface area is 97.0 Å². The zero-order valence-electron chi connectivity index (χ0n) is 10.2. The summed E-state index contributed by atoms with van der Waals surface area (Å²) in [6.07, 6.45) is 8.46. The molecule has 16 heavy (non-hydrogen) atoms. The van der Waals surface area contributed by atoms with Crippen LogP contribution < -0.4 is 0 Å². The molecule has 1 aliphatic rings. The van der Waals surface area contributed by atoms with Gasteiger partial charge in [-0.3, -0.25) is 4.79 Å². The standard InChI is InChI=1S/C14H20O2/c1-3-10(2)13(15)14-12-8-6-4-5-7-11(12)9-16-14/h9-10H,3-8H2,1-2H3. The molecule has 1 aliphatic carbocycles. The maximum atomic E-state index is 12.1. The summed E-state index contributed by atoms with van der Waals surface area (Å²) < 4.78 is 5.51. The van der Waals surface area contributed by atoms with Crippen LogP contribution in [0.4, 0.5) is 0 Å². The highest BCUT2D eigenvalue weighted by Crippen LogP contribution is 2.27. The predicted molar refractivity (Wildman–Crippen MR) is 63.8 cm³/mol. The SMILES string of the molecule is CCC(C)C(=O)c1occ2c1CCCCC2. The average Bonchev–Trinajstić information content (AvgIpc) is 2.56. The third kappa shape index (κ3) is 2.06. The molecule has 88 valence electrons. The fourth-order valence-electron chi connectivity index (χ4n) is 2.31. The molecule has 0 aliphatic heterocycles. The lowest BCUT2D eigenvalue weighted by Gasteiger charge is -2.06. The summed E-state index contributed by atoms with van der Waals surface area (Å²) in [5.41, 5.74) is 2.46. The van der Waals surface area contributed by atoms with Gasteiger partial charge >= 0.3 is 0 Å². The van der Waals surface area contributed by atoms with Gasteiger partial charge in [-0.2, -0.15) is 0 Å². The van der Waals surface area contributed by atoms with Crippen LogP contribution in [0.15, 0.2) is 10.7 Å². The first-order chi connectivity index (χ1) is 7.74. The highest BCUT2D eigenvalue weighted by molar-refractivity contribution is 5.96. The van der Waals surface area contributed by atoms with E-state index in [4.69, 9.17) is 4.42 Å². The fourth-order valence-corrected chi connectivity index (χ4v) is 2.31. The number of ketones is 1. The van der Waals surface area contributed by atoms with Gasteiger partial charge in [0.25, 0.3) is 0 Å². The van der Waals surface area contributed by atoms with Crippen molar-refractivity contribution in [2.24, 2.45) is 5.92 Å². The first-order valence-electron chi connectivity index (χ1n) is 6.37. The third-order valence-electron chi connectivity index (χ3n) is 3.64. The molecule has 2 heteroatoms. The van der Waals surface area contributed by atoms with E-state index in [0.717, 1.165) is 19.3 Å². The Bertz CT molecular complexity index is 376. The normalized spacial score (nSPS) is 17.6. The highest BCUT2D eigenvalue weighted by atomic mass is 16.3. The van der Waals surface area contributed by atoms with Crippen molar-refractivity contribution >= 4 is 5.78 Å². The lowest BCUT2D eigenvalue weighted by Crippen LogP contribution is -2.11. The van der Waals surface area contributed by atoms with Crippen molar-refractivity contribution in [1.29, 1.82) is 0 Å². The van der Waals surface area contributed by atoms with Crippen molar-refractivity contribution in [3.05, 3.63) is 23.2 Å². The van der Waals surface area contributed by atoms with Gasteiger partial charge in [0.2, 0.25) is 5.78 Å². The van der Waals surface area contributed by atoms with Crippen molar-refractivity contribution in [3.63, 3.8) is 0 Å². The van der Waals surface area contributed by atoms with Crippen molar-refractivity contribution in [3.8, 4) is 0 Å². The molecular weight excluding hydrogens is 200 g/mol. The molecule has 0 N–H and O–H groups in total. The van der Waals surface area contributed by atoms with Gasteiger partial charge in [-0.1, -0.05) is 20.3 Å². The molecular formula is C14H20O2. The summed E-state index contributed by atoms with van der Waals surface area (Å²) in [5, 5.41) is 0. The van der Waals surface area contributed by atoms with Gasteiger partial charge < -0.3 is 4.42 Å². The molecule has 2 rings (SSSR count). The van der Waals surface area contributed by atoms with E-state index in [1.165, 1.54) is 30.4 Å². The molecule has 0 spiro atoms. The maximum Gasteiger partial charge on any atom is 0.201 e. The molecule has 1 unspecified atom stereocenters. The Kier molecular flexibility index (Phi) is 3.47. The largest absolute Gasteiger partial charge is 0.461 e. The fraction of sp³-hybridized carbons (Fsp3) is 0.643. The van der Waals surface area contributed by atoms with Crippen LogP contribution >= 0.6 is 0 Å². The average molecular weight is 220 g/mol. The summed E-state index contributed by atoms with van der Waals surface area (Å²) in [6, 6.07) is 0. The number of fused-ring (bicyclic) bond motifs is 1. The number of rotatable bonds is 3. The summed E-state index contributed by atoms with van der Waals surface area (Å²) in [5.74, 6) is 0.912. The minimum absolute atomic E-state index is 0.0819. The second-order valence-electron chi connectivity index (χ2n) is 4.80. The second-order valence-corrected chi connectivity index (χ2v) is 4.80. The Balaban J connectivity index is 2.28. The molecule has 0 fully saturated rings. The molecule has 1 aromatic rings. The lowest BCUT2D eigenvalue weighted by atomic mass is 9.96. The zero-order valence-corrected chi connectivity index (χ0v) is 10.2. The van der Waals surface area contributed by atoms with Crippen molar-refractivity contribution < 1.29 is 9.21 Å². The topological polar surface area (TPSA) is 30.2 Å². The Morgan fingerprint density at radius 1 is 1.38 bits per heavy atom. The van der Waals surface area contributed by atoms with Gasteiger partial charge in [0.15, 0.2) is 5.76 Å². The molecule has 0 bridgehead atoms. The first-order valence-corrected chi connectivity index (χ1v) is 6.37. The monoisotopic (exact) mass is 220 g/mol. The third-order valence-corrected chi connectivity index (χ3v) is 3.64. The van der Waals surface area contributed by atoms with Crippen LogP contribution in [0, 0.1) is 5.92 Å². The van der Waals surface area contributed by atoms with E-state index in [-0.39, 0.29) is 11.7 Å². The Morgan fingerprint density at radius 2 is 2.12 bits per heavy atom. The van der Waals surface area contributed by atoms with Gasteiger partial charge in [0.1, 0.15) is 0 Å². The van der Waals surface area contributed by atoms with Crippen LogP contribution in [-0.2, 0) is 12.8 Å². The van der Waals surface area contributed by atoms with E-state index < -0.39 is 0 Å². The predicted octanol–water partition coefficient (Wildman–Crippen LogP) is 3.78. The molecule has 1 heterocycles. The number of carbonyl (C=O) groups is 1. The lowest BCUT2D eigenvalue weighted by molar-refractivity contribution is 0.0897. The van der Waals surface area contributed by atoms with E-state index >= 15 is 0 Å². The van der Waals surface area contributed by atoms with Gasteiger partial charge in [0, 0.05) is 11.5 Å². The Morgan fingerprint density at radius 3 is 2.88 bits per heavy atom. The first kappa shape index (κ1) is 11.4. The molecule has 2 nitrogen and oxygen atoms in total. The molecule has 1 atom stereocenters. The van der Waals surface area contributed by atoms with Crippen molar-refractivity contribution in [2.45, 2.75) is 52.4 Å². The van der Waals surface area contributed by atoms with E-state index in [9.17, 15) is 4.79 Å². The van der Waals surface area contributed by atoms with Crippen molar-refractivity contribution in [2.75, 3.05) is 0 Å². The number of hydrogen-bond donors (Lipinski definition) is 0. The van der Waals surface area contributed by atoms with E-state index in [0.29, 0.717) is 5.76 Å². The van der Waals surface area contributed by atoms with Crippen LogP contribution in [-0.4, -0.2) is 5.78 Å². The molecule has 1 aromatic heterocycles. The van der Waals surface area contributed by atoms with E-state index in [1.54, 1.807) is 6.26 Å². The number of Topliss-reactive ketones (excluding diaryl/α,β-unsaturated/α-hetero) is 1. The van der Waals surface area contributed by atoms with Crippen LogP contribution in [0.25, 0.3) is 0 Å². The molecule has 0 amide bonds. The van der Waals surface area contributed by atoms with Crippen LogP contribution in [0.1, 0.15) is 61.2 Å². The number of carbonyl (C=O) groups excluding carboxylic acids is 1. The van der Waals surface area contributed by atoms with Crippen LogP contribution in [0.3, 0.4) is 0 Å². The number of hydrogen-bond acceptors (Lipinski definition) is 2. The zero-order chi connectivity index (χ0) is 11.5. The quantitative estimate of drug-likeness (QED) is 0.573. The van der Waals surface area contributed by atoms with Gasteiger partial charge in [-0.05, 0) is 37.7 Å². The minimum atomic E-state index is 0.0819. The molecule has 0 aromatic carbocycles. The van der Waals surface area contributed by atoms with Crippen LogP contribution in [0.2, 0.25) is 0 Å². The molecule has 0 saturated carbocycles. The molecule has 0 saturated heterocycles.